The molecule has 1 aliphatic rings. The molecule has 0 spiro atoms. The third-order valence-corrected chi connectivity index (χ3v) is 6.84. The molecule has 1 aromatic carbocycles. The van der Waals surface area contributed by atoms with Crippen LogP contribution in [0.5, 0.6) is 0 Å². The summed E-state index contributed by atoms with van der Waals surface area (Å²) in [6.07, 6.45) is 1.43. The third-order valence-electron chi connectivity index (χ3n) is 5.59. The Labute approximate surface area is 220 Å². The van der Waals surface area contributed by atoms with Gasteiger partial charge in [0.2, 0.25) is 0 Å². The van der Waals surface area contributed by atoms with Crippen LogP contribution in [0.1, 0.15) is 29.1 Å². The number of hydrogen-bond donors (Lipinski definition) is 2. The van der Waals surface area contributed by atoms with Crippen LogP contribution in [-0.2, 0) is 14.3 Å². The summed E-state index contributed by atoms with van der Waals surface area (Å²) in [5.74, 6) is -0.990. The molecule has 9 nitrogen and oxygen atoms in total. The summed E-state index contributed by atoms with van der Waals surface area (Å²) in [5, 5.41) is 5.81. The number of esters is 2. The lowest BCUT2D eigenvalue weighted by Gasteiger charge is -2.27. The summed E-state index contributed by atoms with van der Waals surface area (Å²) in [7, 11) is 0. The van der Waals surface area contributed by atoms with Gasteiger partial charge in [0.15, 0.2) is 0 Å². The number of furan rings is 1. The lowest BCUT2D eigenvalue weighted by Crippen LogP contribution is -2.47. The second-order valence-electron chi connectivity index (χ2n) is 7.91. The second-order valence-corrected chi connectivity index (χ2v) is 9.63. The quantitative estimate of drug-likeness (QED) is 0.309. The van der Waals surface area contributed by atoms with Crippen molar-refractivity contribution in [1.82, 2.24) is 15.6 Å². The number of carbonyl (C=O) groups is 3. The molecule has 4 heterocycles. The van der Waals surface area contributed by atoms with Crippen molar-refractivity contribution in [2.45, 2.75) is 13.0 Å². The van der Waals surface area contributed by atoms with E-state index < -0.39 is 24.0 Å². The zero-order chi connectivity index (χ0) is 25.9. The van der Waals surface area contributed by atoms with Crippen LogP contribution in [0.2, 0.25) is 4.34 Å². The highest BCUT2D eigenvalue weighted by atomic mass is 35.5. The Kier molecular flexibility index (Phi) is 6.93. The van der Waals surface area contributed by atoms with Gasteiger partial charge >= 0.3 is 18.0 Å². The van der Waals surface area contributed by atoms with Crippen molar-refractivity contribution in [3.8, 4) is 10.6 Å². The van der Waals surface area contributed by atoms with Crippen molar-refractivity contribution in [3.05, 3.63) is 87.8 Å². The molecule has 11 heteroatoms. The van der Waals surface area contributed by atoms with E-state index in [-0.39, 0.29) is 30.0 Å². The van der Waals surface area contributed by atoms with E-state index in [0.717, 1.165) is 4.88 Å². The number of thiophene rings is 1. The van der Waals surface area contributed by atoms with Crippen molar-refractivity contribution >= 4 is 51.8 Å². The predicted octanol–water partition coefficient (Wildman–Crippen LogP) is 5.24. The fourth-order valence-electron chi connectivity index (χ4n) is 3.99. The van der Waals surface area contributed by atoms with E-state index >= 15 is 0 Å². The van der Waals surface area contributed by atoms with Crippen molar-refractivity contribution < 1.29 is 28.3 Å². The number of nitrogens with zero attached hydrogens (tertiary/aromatic N) is 1. The summed E-state index contributed by atoms with van der Waals surface area (Å²) in [4.78, 5) is 44.0. The van der Waals surface area contributed by atoms with E-state index in [1.54, 1.807) is 49.4 Å². The van der Waals surface area contributed by atoms with Gasteiger partial charge in [-0.15, -0.1) is 11.3 Å². The molecule has 0 unspecified atom stereocenters. The minimum absolute atomic E-state index is 0.0812. The number of carbonyl (C=O) groups excluding carboxylic acids is 3. The molecule has 37 heavy (non-hydrogen) atoms. The van der Waals surface area contributed by atoms with E-state index in [1.165, 1.54) is 17.6 Å². The normalized spacial score (nSPS) is 15.3. The van der Waals surface area contributed by atoms with Gasteiger partial charge in [0.05, 0.1) is 50.1 Å². The standard InChI is InChI=1S/C26H20ClN3O6S/c1-2-34-25(32)22-18(29-26(33)30-23(22)19-8-5-11-35-19)13-36-24(31)15-12-17(20-9-10-21(27)37-20)28-16-7-4-3-6-14(15)16/h3-12,23H,2,13H2,1H3,(H2,29,30,33)/t23-/m1/s1. The minimum atomic E-state index is -0.909. The number of pyridine rings is 1. The molecule has 5 rings (SSSR count). The molecule has 188 valence electrons. The molecule has 2 N–H and O–H groups in total. The molecule has 4 aromatic rings. The van der Waals surface area contributed by atoms with Crippen LogP contribution in [0.25, 0.3) is 21.5 Å². The fourth-order valence-corrected chi connectivity index (χ4v) is 4.99. The number of benzene rings is 1. The highest BCUT2D eigenvalue weighted by molar-refractivity contribution is 7.19. The number of ether oxygens (including phenoxy) is 2. The average Bonchev–Trinajstić information content (AvgIpc) is 3.58. The number of para-hydroxylation sites is 1. The van der Waals surface area contributed by atoms with Crippen LogP contribution in [0.3, 0.4) is 0 Å². The number of fused-ring (bicyclic) bond motifs is 1. The van der Waals surface area contributed by atoms with Crippen molar-refractivity contribution in [2.24, 2.45) is 0 Å². The highest BCUT2D eigenvalue weighted by Crippen LogP contribution is 2.33. The zero-order valence-corrected chi connectivity index (χ0v) is 21.0. The molecular formula is C26H20ClN3O6S. The molecule has 0 aliphatic carbocycles. The number of halogens is 1. The van der Waals surface area contributed by atoms with Gasteiger partial charge in [-0.2, -0.15) is 0 Å². The van der Waals surface area contributed by atoms with Crippen molar-refractivity contribution in [2.75, 3.05) is 13.2 Å². The van der Waals surface area contributed by atoms with Crippen molar-refractivity contribution in [3.63, 3.8) is 0 Å². The Morgan fingerprint density at radius 1 is 1.11 bits per heavy atom. The molecule has 1 atom stereocenters. The first-order valence-corrected chi connectivity index (χ1v) is 12.5. The van der Waals surface area contributed by atoms with Gasteiger partial charge in [-0.25, -0.2) is 19.4 Å². The van der Waals surface area contributed by atoms with Crippen LogP contribution in [0, 0.1) is 0 Å². The first-order chi connectivity index (χ1) is 17.9. The summed E-state index contributed by atoms with van der Waals surface area (Å²) in [6, 6.07) is 14.2. The van der Waals surface area contributed by atoms with E-state index in [9.17, 15) is 14.4 Å². The third kappa shape index (κ3) is 5.07. The molecule has 0 saturated carbocycles. The van der Waals surface area contributed by atoms with Crippen LogP contribution in [-0.4, -0.2) is 36.2 Å². The lowest BCUT2D eigenvalue weighted by molar-refractivity contribution is -0.139. The maximum absolute atomic E-state index is 13.3. The van der Waals surface area contributed by atoms with Crippen LogP contribution in [0.15, 0.2) is 76.5 Å². The summed E-state index contributed by atoms with van der Waals surface area (Å²) in [6.45, 7) is 1.41. The number of nitrogens with one attached hydrogen (secondary N) is 2. The summed E-state index contributed by atoms with van der Waals surface area (Å²) >= 11 is 7.44. The predicted molar refractivity (Wildman–Crippen MR) is 137 cm³/mol. The van der Waals surface area contributed by atoms with E-state index in [0.29, 0.717) is 26.7 Å². The van der Waals surface area contributed by atoms with Gasteiger partial charge in [0.1, 0.15) is 18.4 Å². The van der Waals surface area contributed by atoms with Gasteiger partial charge < -0.3 is 24.5 Å². The first-order valence-electron chi connectivity index (χ1n) is 11.3. The minimum Gasteiger partial charge on any atom is -0.467 e. The topological polar surface area (TPSA) is 120 Å². The zero-order valence-electron chi connectivity index (χ0n) is 19.4. The monoisotopic (exact) mass is 537 g/mol. The number of aromatic nitrogens is 1. The largest absolute Gasteiger partial charge is 0.467 e. The maximum atomic E-state index is 13.3. The van der Waals surface area contributed by atoms with Crippen LogP contribution in [0.4, 0.5) is 4.79 Å². The van der Waals surface area contributed by atoms with Gasteiger partial charge in [-0.1, -0.05) is 29.8 Å². The van der Waals surface area contributed by atoms with Gasteiger partial charge in [-0.05, 0) is 43.3 Å². The summed E-state index contributed by atoms with van der Waals surface area (Å²) < 4.78 is 16.8. The van der Waals surface area contributed by atoms with Gasteiger partial charge in [0.25, 0.3) is 0 Å². The average molecular weight is 538 g/mol. The van der Waals surface area contributed by atoms with Crippen molar-refractivity contribution in [1.29, 1.82) is 0 Å². The number of hydrogen-bond acceptors (Lipinski definition) is 8. The van der Waals surface area contributed by atoms with E-state index in [2.05, 4.69) is 15.6 Å². The smallest absolute Gasteiger partial charge is 0.339 e. The maximum Gasteiger partial charge on any atom is 0.339 e. The molecule has 0 bridgehead atoms. The molecule has 0 fully saturated rings. The lowest BCUT2D eigenvalue weighted by atomic mass is 10.0. The molecule has 0 saturated heterocycles. The molecule has 2 amide bonds. The number of rotatable bonds is 7. The number of urea groups is 1. The fraction of sp³-hybridized carbons (Fsp3) is 0.154. The Bertz CT molecular complexity index is 1530. The highest BCUT2D eigenvalue weighted by Gasteiger charge is 2.36. The van der Waals surface area contributed by atoms with E-state index in [1.807, 2.05) is 12.1 Å². The number of amides is 2. The summed E-state index contributed by atoms with van der Waals surface area (Å²) in [5.41, 5.74) is 1.64. The molecular weight excluding hydrogens is 518 g/mol. The Balaban J connectivity index is 1.49. The van der Waals surface area contributed by atoms with E-state index in [4.69, 9.17) is 25.5 Å². The Morgan fingerprint density at radius 3 is 2.68 bits per heavy atom. The molecule has 1 aliphatic heterocycles. The van der Waals surface area contributed by atoms with Gasteiger partial charge in [0, 0.05) is 5.39 Å². The van der Waals surface area contributed by atoms with Gasteiger partial charge in [-0.3, -0.25) is 0 Å². The Morgan fingerprint density at radius 2 is 1.95 bits per heavy atom. The van der Waals surface area contributed by atoms with Crippen LogP contribution >= 0.6 is 22.9 Å². The van der Waals surface area contributed by atoms with Crippen LogP contribution < -0.4 is 10.6 Å². The second kappa shape index (κ2) is 10.5. The Hall–Kier alpha value is -4.15. The SMILES string of the molecule is CCOC(=O)C1=C(COC(=O)c2cc(-c3ccc(Cl)s3)nc3ccccc23)NC(=O)N[C@@H]1c1ccco1. The molecule has 0 radical (unpaired) electrons. The first kappa shape index (κ1) is 24.5. The molecule has 3 aromatic heterocycles.